The minimum atomic E-state index is 0.386. The molecule has 1 aliphatic rings. The van der Waals surface area contributed by atoms with Gasteiger partial charge in [-0.1, -0.05) is 41.5 Å². The van der Waals surface area contributed by atoms with Crippen molar-refractivity contribution in [3.8, 4) is 0 Å². The fourth-order valence-electron chi connectivity index (χ4n) is 2.57. The fraction of sp³-hybridized carbons (Fsp3) is 1.00. The summed E-state index contributed by atoms with van der Waals surface area (Å²) >= 11 is 0. The van der Waals surface area contributed by atoms with Crippen LogP contribution in [0.4, 0.5) is 0 Å². The molecule has 0 radical (unpaired) electrons. The molecule has 0 saturated heterocycles. The summed E-state index contributed by atoms with van der Waals surface area (Å²) in [6.07, 6.45) is 0. The minimum Gasteiger partial charge on any atom is -0.327 e. The van der Waals surface area contributed by atoms with Crippen molar-refractivity contribution in [3.05, 3.63) is 0 Å². The van der Waals surface area contributed by atoms with Crippen molar-refractivity contribution in [2.24, 2.45) is 28.4 Å². The molecule has 0 aromatic rings. The first-order valence-electron chi connectivity index (χ1n) is 4.91. The van der Waals surface area contributed by atoms with E-state index < -0.39 is 0 Å². The zero-order valence-electron chi connectivity index (χ0n) is 9.31. The topological polar surface area (TPSA) is 26.0 Å². The molecule has 0 spiro atoms. The van der Waals surface area contributed by atoms with Crippen molar-refractivity contribution in [1.29, 1.82) is 0 Å². The van der Waals surface area contributed by atoms with Gasteiger partial charge in [0.25, 0.3) is 0 Å². The smallest absolute Gasteiger partial charge is 0.0112 e. The van der Waals surface area contributed by atoms with Gasteiger partial charge in [0.2, 0.25) is 0 Å². The first kappa shape index (κ1) is 10.0. The van der Waals surface area contributed by atoms with Crippen molar-refractivity contribution in [3.63, 3.8) is 0 Å². The number of rotatable bonds is 0. The van der Waals surface area contributed by atoms with Crippen molar-refractivity contribution >= 4 is 0 Å². The normalized spacial score (nSPS) is 36.8. The van der Waals surface area contributed by atoms with Gasteiger partial charge < -0.3 is 5.73 Å². The molecule has 1 nitrogen and oxygen atoms in total. The summed E-state index contributed by atoms with van der Waals surface area (Å²) in [6.45, 7) is 13.8. The molecule has 0 bridgehead atoms. The molecule has 12 heavy (non-hydrogen) atoms. The van der Waals surface area contributed by atoms with E-state index >= 15 is 0 Å². The van der Waals surface area contributed by atoms with Crippen LogP contribution in [0.1, 0.15) is 41.5 Å². The summed E-state index contributed by atoms with van der Waals surface area (Å²) in [5.74, 6) is 1.44. The van der Waals surface area contributed by atoms with Gasteiger partial charge in [0.05, 0.1) is 0 Å². The second-order valence-electron chi connectivity index (χ2n) is 6.36. The highest BCUT2D eigenvalue weighted by Gasteiger charge is 2.58. The Bertz CT molecular complexity index is 150. The van der Waals surface area contributed by atoms with Crippen LogP contribution in [-0.2, 0) is 0 Å². The first-order chi connectivity index (χ1) is 5.15. The quantitative estimate of drug-likeness (QED) is 0.593. The van der Waals surface area contributed by atoms with Crippen LogP contribution in [0.25, 0.3) is 0 Å². The highest BCUT2D eigenvalue weighted by molar-refractivity contribution is 5.10. The number of nitrogens with two attached hydrogens (primary N) is 1. The van der Waals surface area contributed by atoms with Crippen LogP contribution in [0.15, 0.2) is 0 Å². The average molecular weight is 169 g/mol. The molecule has 2 atom stereocenters. The molecular formula is C11H23N. The van der Waals surface area contributed by atoms with E-state index in [9.17, 15) is 0 Å². The molecule has 2 N–H and O–H groups in total. The maximum absolute atomic E-state index is 6.08. The van der Waals surface area contributed by atoms with E-state index in [2.05, 4.69) is 41.5 Å². The molecule has 2 unspecified atom stereocenters. The summed E-state index contributed by atoms with van der Waals surface area (Å²) in [5.41, 5.74) is 6.86. The first-order valence-corrected chi connectivity index (χ1v) is 4.91. The summed E-state index contributed by atoms with van der Waals surface area (Å²) in [5, 5.41) is 0. The molecule has 0 aromatic carbocycles. The Balaban J connectivity index is 2.67. The van der Waals surface area contributed by atoms with E-state index in [0.29, 0.717) is 16.9 Å². The molecule has 0 aromatic heterocycles. The number of hydrogen-bond donors (Lipinski definition) is 1. The Morgan fingerprint density at radius 3 is 1.08 bits per heavy atom. The zero-order chi connectivity index (χ0) is 9.73. The standard InChI is InChI=1S/C11H23N/c1-10(2,3)7-8(9(7)12)11(4,5)6/h7-9H,12H2,1-6H3. The Labute approximate surface area is 76.7 Å². The van der Waals surface area contributed by atoms with E-state index in [1.165, 1.54) is 0 Å². The summed E-state index contributed by atoms with van der Waals surface area (Å²) in [7, 11) is 0. The second kappa shape index (κ2) is 2.47. The lowest BCUT2D eigenvalue weighted by molar-refractivity contribution is 0.254. The van der Waals surface area contributed by atoms with Crippen molar-refractivity contribution < 1.29 is 0 Å². The molecule has 1 saturated carbocycles. The molecular weight excluding hydrogens is 146 g/mol. The summed E-state index contributed by atoms with van der Waals surface area (Å²) in [6, 6.07) is 0.435. The maximum atomic E-state index is 6.08. The van der Waals surface area contributed by atoms with E-state index in [-0.39, 0.29) is 0 Å². The minimum absolute atomic E-state index is 0.386. The van der Waals surface area contributed by atoms with Crippen LogP contribution in [0, 0.1) is 22.7 Å². The third-order valence-electron chi connectivity index (χ3n) is 3.08. The lowest BCUT2D eigenvalue weighted by atomic mass is 9.81. The molecule has 0 aliphatic heterocycles. The lowest BCUT2D eigenvalue weighted by Gasteiger charge is -2.23. The highest BCUT2D eigenvalue weighted by atomic mass is 14.8. The van der Waals surface area contributed by atoms with Crippen molar-refractivity contribution in [2.75, 3.05) is 0 Å². The predicted molar refractivity (Wildman–Crippen MR) is 53.9 cm³/mol. The molecule has 0 heterocycles. The molecule has 1 fully saturated rings. The van der Waals surface area contributed by atoms with Gasteiger partial charge in [-0.05, 0) is 22.7 Å². The van der Waals surface area contributed by atoms with Crippen molar-refractivity contribution in [1.82, 2.24) is 0 Å². The average Bonchev–Trinajstić information content (AvgIpc) is 2.35. The zero-order valence-corrected chi connectivity index (χ0v) is 9.31. The van der Waals surface area contributed by atoms with Crippen LogP contribution < -0.4 is 5.73 Å². The summed E-state index contributed by atoms with van der Waals surface area (Å²) in [4.78, 5) is 0. The molecule has 1 aliphatic carbocycles. The van der Waals surface area contributed by atoms with Crippen LogP contribution in [0.5, 0.6) is 0 Å². The van der Waals surface area contributed by atoms with Crippen LogP contribution in [0.3, 0.4) is 0 Å². The monoisotopic (exact) mass is 169 g/mol. The van der Waals surface area contributed by atoms with Gasteiger partial charge >= 0.3 is 0 Å². The molecule has 72 valence electrons. The van der Waals surface area contributed by atoms with Crippen LogP contribution in [-0.4, -0.2) is 6.04 Å². The van der Waals surface area contributed by atoms with Gasteiger partial charge in [-0.3, -0.25) is 0 Å². The third kappa shape index (κ3) is 1.66. The van der Waals surface area contributed by atoms with Gasteiger partial charge in [-0.15, -0.1) is 0 Å². The van der Waals surface area contributed by atoms with Gasteiger partial charge in [-0.25, -0.2) is 0 Å². The SMILES string of the molecule is CC(C)(C)C1C(N)C1C(C)(C)C. The lowest BCUT2D eigenvalue weighted by Crippen LogP contribution is -2.16. The van der Waals surface area contributed by atoms with Gasteiger partial charge in [0.15, 0.2) is 0 Å². The molecule has 1 rings (SSSR count). The number of hydrogen-bond acceptors (Lipinski definition) is 1. The van der Waals surface area contributed by atoms with Crippen molar-refractivity contribution in [2.45, 2.75) is 47.6 Å². The summed E-state index contributed by atoms with van der Waals surface area (Å²) < 4.78 is 0. The Kier molecular flexibility index (Phi) is 2.07. The fourth-order valence-corrected chi connectivity index (χ4v) is 2.57. The van der Waals surface area contributed by atoms with Gasteiger partial charge in [-0.2, -0.15) is 0 Å². The van der Waals surface area contributed by atoms with Gasteiger partial charge in [0.1, 0.15) is 0 Å². The Morgan fingerprint density at radius 2 is 1.00 bits per heavy atom. The predicted octanol–water partition coefficient (Wildman–Crippen LogP) is 2.65. The maximum Gasteiger partial charge on any atom is 0.0112 e. The molecule has 1 heteroatoms. The van der Waals surface area contributed by atoms with Crippen LogP contribution >= 0.6 is 0 Å². The second-order valence-corrected chi connectivity index (χ2v) is 6.36. The van der Waals surface area contributed by atoms with E-state index in [0.717, 1.165) is 11.8 Å². The van der Waals surface area contributed by atoms with Gasteiger partial charge in [0, 0.05) is 6.04 Å². The Hall–Kier alpha value is -0.0400. The van der Waals surface area contributed by atoms with E-state index in [1.54, 1.807) is 0 Å². The van der Waals surface area contributed by atoms with E-state index in [1.807, 2.05) is 0 Å². The van der Waals surface area contributed by atoms with E-state index in [4.69, 9.17) is 5.73 Å². The van der Waals surface area contributed by atoms with Crippen LogP contribution in [0.2, 0.25) is 0 Å². The Morgan fingerprint density at radius 1 is 0.750 bits per heavy atom. The largest absolute Gasteiger partial charge is 0.327 e. The third-order valence-corrected chi connectivity index (χ3v) is 3.08. The highest BCUT2D eigenvalue weighted by Crippen LogP contribution is 2.57. The molecule has 0 amide bonds.